The van der Waals surface area contributed by atoms with Crippen LogP contribution in [0.25, 0.3) is 0 Å². The van der Waals surface area contributed by atoms with Crippen LogP contribution in [0.15, 0.2) is 54.6 Å². The summed E-state index contributed by atoms with van der Waals surface area (Å²) in [4.78, 5) is 12.2. The smallest absolute Gasteiger partial charge is 0.224 e. The largest absolute Gasteiger partial charge is 0.489 e. The highest BCUT2D eigenvalue weighted by molar-refractivity contribution is 5.79. The van der Waals surface area contributed by atoms with Crippen molar-refractivity contribution >= 4 is 5.91 Å². The van der Waals surface area contributed by atoms with Gasteiger partial charge in [0, 0.05) is 13.1 Å². The van der Waals surface area contributed by atoms with E-state index in [0.717, 1.165) is 30.0 Å². The average molecular weight is 324 g/mol. The van der Waals surface area contributed by atoms with E-state index in [9.17, 15) is 4.79 Å². The van der Waals surface area contributed by atoms with E-state index in [2.05, 4.69) is 17.6 Å². The van der Waals surface area contributed by atoms with Crippen molar-refractivity contribution in [2.75, 3.05) is 13.1 Å². The number of para-hydroxylation sites is 1. The predicted octanol–water partition coefficient (Wildman–Crippen LogP) is 2.74. The van der Waals surface area contributed by atoms with Crippen molar-refractivity contribution in [2.24, 2.45) is 11.8 Å². The van der Waals surface area contributed by atoms with Crippen molar-refractivity contribution in [2.45, 2.75) is 20.1 Å². The summed E-state index contributed by atoms with van der Waals surface area (Å²) in [5, 5.41) is 6.30. The molecule has 1 saturated heterocycles. The van der Waals surface area contributed by atoms with Crippen molar-refractivity contribution in [1.82, 2.24) is 10.6 Å². The lowest BCUT2D eigenvalue weighted by molar-refractivity contribution is -0.125. The van der Waals surface area contributed by atoms with Gasteiger partial charge in [-0.25, -0.2) is 0 Å². The fourth-order valence-corrected chi connectivity index (χ4v) is 2.92. The second-order valence-corrected chi connectivity index (χ2v) is 6.38. The first-order valence-corrected chi connectivity index (χ1v) is 8.46. The normalized spacial score (nSPS) is 19.9. The summed E-state index contributed by atoms with van der Waals surface area (Å²) in [6.45, 7) is 4.94. The highest BCUT2D eigenvalue weighted by Gasteiger charge is 2.29. The number of amides is 1. The standard InChI is InChI=1S/C20H24N2O2/c1-15-11-21-13-19(15)20(23)22-12-16-7-9-17(10-8-16)14-24-18-5-3-2-4-6-18/h2-10,15,19,21H,11-14H2,1H3,(H,22,23)/t15-,19-/m1/s1. The van der Waals surface area contributed by atoms with E-state index in [1.165, 1.54) is 0 Å². The summed E-state index contributed by atoms with van der Waals surface area (Å²) in [6.07, 6.45) is 0. The van der Waals surface area contributed by atoms with Crippen molar-refractivity contribution in [1.29, 1.82) is 0 Å². The topological polar surface area (TPSA) is 50.4 Å². The molecule has 2 aromatic rings. The summed E-state index contributed by atoms with van der Waals surface area (Å²) in [5.41, 5.74) is 2.22. The molecular weight excluding hydrogens is 300 g/mol. The summed E-state index contributed by atoms with van der Waals surface area (Å²) < 4.78 is 5.73. The molecule has 2 N–H and O–H groups in total. The van der Waals surface area contributed by atoms with Gasteiger partial charge in [0.05, 0.1) is 5.92 Å². The van der Waals surface area contributed by atoms with Crippen LogP contribution in [0.5, 0.6) is 5.75 Å². The Morgan fingerprint density at radius 3 is 2.46 bits per heavy atom. The molecule has 1 heterocycles. The first-order chi connectivity index (χ1) is 11.7. The number of carbonyl (C=O) groups is 1. The van der Waals surface area contributed by atoms with Crippen molar-refractivity contribution < 1.29 is 9.53 Å². The molecule has 0 spiro atoms. The molecule has 4 heteroatoms. The molecule has 0 aliphatic carbocycles. The highest BCUT2D eigenvalue weighted by Crippen LogP contribution is 2.16. The molecular formula is C20H24N2O2. The second kappa shape index (κ2) is 7.97. The van der Waals surface area contributed by atoms with Gasteiger partial charge in [-0.15, -0.1) is 0 Å². The van der Waals surface area contributed by atoms with Crippen LogP contribution in [-0.2, 0) is 17.9 Å². The first kappa shape index (κ1) is 16.5. The summed E-state index contributed by atoms with van der Waals surface area (Å²) >= 11 is 0. The Hall–Kier alpha value is -2.33. The fourth-order valence-electron chi connectivity index (χ4n) is 2.92. The number of benzene rings is 2. The molecule has 24 heavy (non-hydrogen) atoms. The molecule has 2 aromatic carbocycles. The number of rotatable bonds is 6. The van der Waals surface area contributed by atoms with Gasteiger partial charge in [0.2, 0.25) is 5.91 Å². The van der Waals surface area contributed by atoms with Gasteiger partial charge in [-0.2, -0.15) is 0 Å². The van der Waals surface area contributed by atoms with Gasteiger partial charge in [-0.3, -0.25) is 4.79 Å². The molecule has 0 radical (unpaired) electrons. The molecule has 126 valence electrons. The van der Waals surface area contributed by atoms with Gasteiger partial charge in [0.25, 0.3) is 0 Å². The zero-order chi connectivity index (χ0) is 16.8. The summed E-state index contributed by atoms with van der Waals surface area (Å²) in [7, 11) is 0. The third-order valence-corrected chi connectivity index (χ3v) is 4.49. The van der Waals surface area contributed by atoms with Gasteiger partial charge < -0.3 is 15.4 Å². The number of nitrogens with one attached hydrogen (secondary N) is 2. The molecule has 0 aromatic heterocycles. The van der Waals surface area contributed by atoms with Crippen LogP contribution in [0.3, 0.4) is 0 Å². The van der Waals surface area contributed by atoms with E-state index < -0.39 is 0 Å². The number of hydrogen-bond acceptors (Lipinski definition) is 3. The first-order valence-electron chi connectivity index (χ1n) is 8.46. The Labute approximate surface area is 143 Å². The predicted molar refractivity (Wildman–Crippen MR) is 94.6 cm³/mol. The molecule has 0 unspecified atom stereocenters. The molecule has 2 atom stereocenters. The van der Waals surface area contributed by atoms with E-state index in [-0.39, 0.29) is 11.8 Å². The van der Waals surface area contributed by atoms with Crippen LogP contribution >= 0.6 is 0 Å². The average Bonchev–Trinajstić information content (AvgIpc) is 3.06. The maximum Gasteiger partial charge on any atom is 0.224 e. The van der Waals surface area contributed by atoms with E-state index in [4.69, 9.17) is 4.74 Å². The van der Waals surface area contributed by atoms with E-state index >= 15 is 0 Å². The lowest BCUT2D eigenvalue weighted by Crippen LogP contribution is -2.33. The molecule has 1 fully saturated rings. The van der Waals surface area contributed by atoms with Crippen LogP contribution in [0, 0.1) is 11.8 Å². The minimum atomic E-state index is 0.0866. The minimum Gasteiger partial charge on any atom is -0.489 e. The Morgan fingerprint density at radius 2 is 1.79 bits per heavy atom. The number of ether oxygens (including phenoxy) is 1. The third-order valence-electron chi connectivity index (χ3n) is 4.49. The summed E-state index contributed by atoms with van der Waals surface area (Å²) in [5.74, 6) is 1.50. The van der Waals surface area contributed by atoms with Gasteiger partial charge in [-0.1, -0.05) is 49.4 Å². The zero-order valence-electron chi connectivity index (χ0n) is 14.0. The minimum absolute atomic E-state index is 0.0866. The molecule has 3 rings (SSSR count). The lowest BCUT2D eigenvalue weighted by Gasteiger charge is -2.14. The third kappa shape index (κ3) is 4.36. The second-order valence-electron chi connectivity index (χ2n) is 6.38. The Bertz CT molecular complexity index is 655. The molecule has 0 saturated carbocycles. The van der Waals surface area contributed by atoms with Crippen LogP contribution in [0.4, 0.5) is 0 Å². The monoisotopic (exact) mass is 324 g/mol. The quantitative estimate of drug-likeness (QED) is 0.859. The molecule has 1 aliphatic rings. The van der Waals surface area contributed by atoms with E-state index in [1.807, 2.05) is 54.6 Å². The molecule has 0 bridgehead atoms. The fraction of sp³-hybridized carbons (Fsp3) is 0.350. The Morgan fingerprint density at radius 1 is 1.08 bits per heavy atom. The van der Waals surface area contributed by atoms with Gasteiger partial charge >= 0.3 is 0 Å². The van der Waals surface area contributed by atoms with Gasteiger partial charge in [0.15, 0.2) is 0 Å². The lowest BCUT2D eigenvalue weighted by atomic mass is 9.97. The Balaban J connectivity index is 1.47. The van der Waals surface area contributed by atoms with E-state index in [0.29, 0.717) is 19.1 Å². The Kier molecular flexibility index (Phi) is 5.49. The van der Waals surface area contributed by atoms with Crippen LogP contribution in [0.2, 0.25) is 0 Å². The molecule has 4 nitrogen and oxygen atoms in total. The van der Waals surface area contributed by atoms with Crippen molar-refractivity contribution in [3.8, 4) is 5.75 Å². The van der Waals surface area contributed by atoms with Crippen LogP contribution in [-0.4, -0.2) is 19.0 Å². The van der Waals surface area contributed by atoms with Gasteiger partial charge in [0.1, 0.15) is 12.4 Å². The highest BCUT2D eigenvalue weighted by atomic mass is 16.5. The maximum absolute atomic E-state index is 12.2. The van der Waals surface area contributed by atoms with Crippen molar-refractivity contribution in [3.63, 3.8) is 0 Å². The number of hydrogen-bond donors (Lipinski definition) is 2. The number of carbonyl (C=O) groups excluding carboxylic acids is 1. The van der Waals surface area contributed by atoms with E-state index in [1.54, 1.807) is 0 Å². The van der Waals surface area contributed by atoms with Crippen LogP contribution < -0.4 is 15.4 Å². The van der Waals surface area contributed by atoms with Crippen molar-refractivity contribution in [3.05, 3.63) is 65.7 Å². The van der Waals surface area contributed by atoms with Gasteiger partial charge in [-0.05, 0) is 35.7 Å². The molecule has 1 amide bonds. The molecule has 1 aliphatic heterocycles. The summed E-state index contributed by atoms with van der Waals surface area (Å²) in [6, 6.07) is 18.0. The van der Waals surface area contributed by atoms with Crippen LogP contribution in [0.1, 0.15) is 18.1 Å². The zero-order valence-corrected chi connectivity index (χ0v) is 14.0. The maximum atomic E-state index is 12.2. The SMILES string of the molecule is C[C@@H]1CNC[C@H]1C(=O)NCc1ccc(COc2ccccc2)cc1.